The number of nitro benzene ring substituents is 1. The van der Waals surface area contributed by atoms with Crippen LogP contribution in [0.25, 0.3) is 11.5 Å². The smallest absolute Gasteiger partial charge is 0.277 e. The van der Waals surface area contributed by atoms with Crippen molar-refractivity contribution in [3.8, 4) is 23.0 Å². The third-order valence-electron chi connectivity index (χ3n) is 3.79. The molecule has 0 unspecified atom stereocenters. The zero-order chi connectivity index (χ0) is 21.0. The maximum Gasteiger partial charge on any atom is 0.277 e. The van der Waals surface area contributed by atoms with Crippen molar-refractivity contribution in [3.63, 3.8) is 0 Å². The summed E-state index contributed by atoms with van der Waals surface area (Å²) in [5.74, 6) is 0.866. The van der Waals surface area contributed by atoms with E-state index in [1.807, 2.05) is 0 Å². The van der Waals surface area contributed by atoms with Gasteiger partial charge in [-0.1, -0.05) is 23.4 Å². The average molecular weight is 436 g/mol. The number of nitrogens with zero attached hydrogens (tertiary/aromatic N) is 3. The topological polar surface area (TPSA) is 118 Å². The van der Waals surface area contributed by atoms with Crippen molar-refractivity contribution in [2.75, 3.05) is 20.0 Å². The minimum Gasteiger partial charge on any atom is -0.497 e. The number of Topliss-reactive ketones (excluding diaryl/α,β-unsaturated/α-hetero) is 1. The second kappa shape index (κ2) is 8.93. The Bertz CT molecular complexity index is 1050. The molecule has 3 rings (SSSR count). The zero-order valence-electron chi connectivity index (χ0n) is 15.2. The highest BCUT2D eigenvalue weighted by Crippen LogP contribution is 2.31. The molecule has 0 aliphatic rings. The number of nitro groups is 1. The Morgan fingerprint density at radius 2 is 1.86 bits per heavy atom. The normalized spacial score (nSPS) is 10.6. The Labute approximate surface area is 174 Å². The van der Waals surface area contributed by atoms with Crippen LogP contribution >= 0.6 is 23.4 Å². The third-order valence-corrected chi connectivity index (χ3v) is 4.94. The van der Waals surface area contributed by atoms with E-state index in [0.717, 1.165) is 17.8 Å². The van der Waals surface area contributed by atoms with Gasteiger partial charge >= 0.3 is 0 Å². The fraction of sp³-hybridized carbons (Fsp3) is 0.167. The maximum absolute atomic E-state index is 12.4. The SMILES string of the molecule is COc1cc(OC)cc(-c2nnc(SCC(=O)c3cc([N+](=O)[O-])ccc3Cl)o2)c1. The van der Waals surface area contributed by atoms with E-state index in [9.17, 15) is 14.9 Å². The summed E-state index contributed by atoms with van der Waals surface area (Å²) in [6, 6.07) is 8.82. The van der Waals surface area contributed by atoms with Crippen molar-refractivity contribution in [3.05, 3.63) is 57.1 Å². The van der Waals surface area contributed by atoms with Gasteiger partial charge in [-0.3, -0.25) is 14.9 Å². The van der Waals surface area contributed by atoms with Gasteiger partial charge < -0.3 is 13.9 Å². The number of ether oxygens (including phenoxy) is 2. The van der Waals surface area contributed by atoms with E-state index in [-0.39, 0.29) is 33.1 Å². The number of non-ortho nitro benzene ring substituents is 1. The summed E-state index contributed by atoms with van der Waals surface area (Å²) in [7, 11) is 3.05. The fourth-order valence-electron chi connectivity index (χ4n) is 2.36. The first kappa shape index (κ1) is 20.6. The second-order valence-electron chi connectivity index (χ2n) is 5.61. The van der Waals surface area contributed by atoms with Crippen molar-refractivity contribution in [1.29, 1.82) is 0 Å². The molecule has 1 heterocycles. The van der Waals surface area contributed by atoms with Crippen LogP contribution < -0.4 is 9.47 Å². The van der Waals surface area contributed by atoms with Gasteiger partial charge in [0.1, 0.15) is 11.5 Å². The molecule has 3 aromatic rings. The number of carbonyl (C=O) groups is 1. The molecule has 0 saturated heterocycles. The zero-order valence-corrected chi connectivity index (χ0v) is 16.8. The van der Waals surface area contributed by atoms with Gasteiger partial charge in [0.2, 0.25) is 5.89 Å². The van der Waals surface area contributed by atoms with Crippen LogP contribution in [0.1, 0.15) is 10.4 Å². The Morgan fingerprint density at radius 1 is 1.17 bits per heavy atom. The molecular weight excluding hydrogens is 422 g/mol. The first-order valence-corrected chi connectivity index (χ1v) is 9.44. The summed E-state index contributed by atoms with van der Waals surface area (Å²) in [5.41, 5.74) is 0.439. The number of ketones is 1. The van der Waals surface area contributed by atoms with Crippen LogP contribution in [0.4, 0.5) is 5.69 Å². The quantitative estimate of drug-likeness (QED) is 0.221. The Kier molecular flexibility index (Phi) is 6.35. The number of methoxy groups -OCH3 is 2. The van der Waals surface area contributed by atoms with E-state index >= 15 is 0 Å². The van der Waals surface area contributed by atoms with Gasteiger partial charge in [0.15, 0.2) is 5.78 Å². The highest BCUT2D eigenvalue weighted by atomic mass is 35.5. The Hall–Kier alpha value is -3.11. The number of thioether (sulfide) groups is 1. The number of hydrogen-bond donors (Lipinski definition) is 0. The van der Waals surface area contributed by atoms with E-state index in [2.05, 4.69) is 10.2 Å². The van der Waals surface area contributed by atoms with Crippen LogP contribution in [0.15, 0.2) is 46.0 Å². The van der Waals surface area contributed by atoms with Gasteiger partial charge in [-0.05, 0) is 18.2 Å². The number of carbonyl (C=O) groups excluding carboxylic acids is 1. The van der Waals surface area contributed by atoms with E-state index in [0.29, 0.717) is 17.1 Å². The number of aromatic nitrogens is 2. The van der Waals surface area contributed by atoms with Crippen LogP contribution in [-0.4, -0.2) is 40.9 Å². The van der Waals surface area contributed by atoms with E-state index in [1.165, 1.54) is 26.4 Å². The van der Waals surface area contributed by atoms with Gasteiger partial charge in [0.05, 0.1) is 29.9 Å². The molecule has 11 heteroatoms. The molecule has 1 aromatic heterocycles. The average Bonchev–Trinajstić information content (AvgIpc) is 3.20. The molecule has 0 amide bonds. The van der Waals surface area contributed by atoms with Crippen LogP contribution in [-0.2, 0) is 0 Å². The van der Waals surface area contributed by atoms with E-state index in [4.69, 9.17) is 25.5 Å². The molecule has 2 aromatic carbocycles. The first-order valence-electron chi connectivity index (χ1n) is 8.08. The van der Waals surface area contributed by atoms with Gasteiger partial charge in [0.25, 0.3) is 10.9 Å². The van der Waals surface area contributed by atoms with E-state index < -0.39 is 10.7 Å². The van der Waals surface area contributed by atoms with Gasteiger partial charge in [0, 0.05) is 29.3 Å². The lowest BCUT2D eigenvalue weighted by molar-refractivity contribution is -0.384. The second-order valence-corrected chi connectivity index (χ2v) is 6.94. The van der Waals surface area contributed by atoms with Crippen molar-refractivity contribution >= 4 is 34.8 Å². The summed E-state index contributed by atoms with van der Waals surface area (Å²) in [6.45, 7) is 0. The molecule has 0 atom stereocenters. The summed E-state index contributed by atoms with van der Waals surface area (Å²) < 4.78 is 16.0. The lowest BCUT2D eigenvalue weighted by Gasteiger charge is -2.05. The van der Waals surface area contributed by atoms with Crippen LogP contribution in [0.2, 0.25) is 5.02 Å². The van der Waals surface area contributed by atoms with Crippen molar-refractivity contribution in [2.24, 2.45) is 0 Å². The van der Waals surface area contributed by atoms with Crippen molar-refractivity contribution < 1.29 is 23.6 Å². The minimum atomic E-state index is -0.590. The third kappa shape index (κ3) is 4.84. The van der Waals surface area contributed by atoms with Crippen LogP contribution in [0, 0.1) is 10.1 Å². The summed E-state index contributed by atoms with van der Waals surface area (Å²) in [4.78, 5) is 22.7. The maximum atomic E-state index is 12.4. The Balaban J connectivity index is 1.74. The molecule has 0 bridgehead atoms. The summed E-state index contributed by atoms with van der Waals surface area (Å²) in [6.07, 6.45) is 0. The molecule has 0 radical (unpaired) electrons. The Morgan fingerprint density at radius 3 is 2.48 bits per heavy atom. The molecule has 0 aliphatic carbocycles. The molecule has 0 saturated carbocycles. The number of hydrogen-bond acceptors (Lipinski definition) is 9. The first-order chi connectivity index (χ1) is 13.9. The monoisotopic (exact) mass is 435 g/mol. The summed E-state index contributed by atoms with van der Waals surface area (Å²) in [5, 5.41) is 19.1. The number of benzene rings is 2. The van der Waals surface area contributed by atoms with Gasteiger partial charge in [-0.2, -0.15) is 0 Å². The van der Waals surface area contributed by atoms with Crippen molar-refractivity contribution in [2.45, 2.75) is 5.22 Å². The summed E-state index contributed by atoms with van der Waals surface area (Å²) >= 11 is 6.99. The number of rotatable bonds is 8. The molecule has 0 N–H and O–H groups in total. The van der Waals surface area contributed by atoms with E-state index in [1.54, 1.807) is 18.2 Å². The molecular formula is C18H14ClN3O6S. The largest absolute Gasteiger partial charge is 0.497 e. The highest BCUT2D eigenvalue weighted by Gasteiger charge is 2.18. The van der Waals surface area contributed by atoms with Crippen LogP contribution in [0.3, 0.4) is 0 Å². The fourth-order valence-corrected chi connectivity index (χ4v) is 3.23. The highest BCUT2D eigenvalue weighted by molar-refractivity contribution is 7.99. The molecule has 29 heavy (non-hydrogen) atoms. The lowest BCUT2D eigenvalue weighted by Crippen LogP contribution is -2.04. The molecule has 0 fully saturated rings. The molecule has 0 aliphatic heterocycles. The standard InChI is InChI=1S/C18H14ClN3O6S/c1-26-12-5-10(6-13(8-12)27-2)17-20-21-18(28-17)29-9-16(23)14-7-11(22(24)25)3-4-15(14)19/h3-8H,9H2,1-2H3. The molecule has 9 nitrogen and oxygen atoms in total. The predicted molar refractivity (Wildman–Crippen MR) is 106 cm³/mol. The van der Waals surface area contributed by atoms with Gasteiger partial charge in [-0.15, -0.1) is 10.2 Å². The minimum absolute atomic E-state index is 0.0608. The molecule has 0 spiro atoms. The van der Waals surface area contributed by atoms with Crippen molar-refractivity contribution in [1.82, 2.24) is 10.2 Å². The molecule has 150 valence electrons. The van der Waals surface area contributed by atoms with Crippen LogP contribution in [0.5, 0.6) is 11.5 Å². The lowest BCUT2D eigenvalue weighted by atomic mass is 10.1. The number of halogens is 1. The van der Waals surface area contributed by atoms with Gasteiger partial charge in [-0.25, -0.2) is 0 Å². The predicted octanol–water partition coefficient (Wildman–Crippen LogP) is 4.29.